The Balaban J connectivity index is 1.01. The molecule has 3 nitrogen and oxygen atoms in total. The van der Waals surface area contributed by atoms with Crippen molar-refractivity contribution < 1.29 is 0 Å². The van der Waals surface area contributed by atoms with Crippen LogP contribution < -0.4 is 0 Å². The molecular weight excluding hydrogens is 831 g/mol. The van der Waals surface area contributed by atoms with E-state index in [4.69, 9.17) is 4.99 Å². The van der Waals surface area contributed by atoms with Crippen LogP contribution >= 0.6 is 11.3 Å². The van der Waals surface area contributed by atoms with Gasteiger partial charge in [-0.25, -0.2) is 0 Å². The minimum atomic E-state index is 0.246. The van der Waals surface area contributed by atoms with Crippen molar-refractivity contribution in [3.63, 3.8) is 0 Å². The fourth-order valence-corrected chi connectivity index (χ4v) is 12.3. The van der Waals surface area contributed by atoms with Crippen LogP contribution in [0.25, 0.3) is 92.0 Å². The van der Waals surface area contributed by atoms with Gasteiger partial charge >= 0.3 is 0 Å². The summed E-state index contributed by atoms with van der Waals surface area (Å²) in [5.41, 5.74) is 17.2. The van der Waals surface area contributed by atoms with Crippen molar-refractivity contribution in [3.8, 4) is 22.5 Å². The maximum atomic E-state index is 5.60. The molecule has 1 atom stereocenters. The van der Waals surface area contributed by atoms with Crippen LogP contribution in [0.3, 0.4) is 0 Å². The second kappa shape index (κ2) is 16.3. The molecule has 0 spiro atoms. The summed E-state index contributed by atoms with van der Waals surface area (Å²) in [5, 5.41) is 7.72. The Hall–Kier alpha value is -7.79. The molecule has 0 N–H and O–H groups in total. The molecule has 13 rings (SSSR count). The molecule has 4 heteroatoms. The number of thiophene rings is 1. The second-order valence-electron chi connectivity index (χ2n) is 18.0. The van der Waals surface area contributed by atoms with Crippen LogP contribution in [-0.2, 0) is 0 Å². The lowest BCUT2D eigenvalue weighted by atomic mass is 9.80. The van der Waals surface area contributed by atoms with E-state index in [1.807, 2.05) is 11.3 Å². The average Bonchev–Trinajstić information content (AvgIpc) is 4.03. The molecule has 1 unspecified atom stereocenters. The molecule has 3 aromatic heterocycles. The fraction of sp³-hybridized carbons (Fsp3) is 0.0952. The highest BCUT2D eigenvalue weighted by molar-refractivity contribution is 7.25. The first-order valence-electron chi connectivity index (χ1n) is 23.7. The van der Waals surface area contributed by atoms with E-state index in [1.54, 1.807) is 0 Å². The van der Waals surface area contributed by atoms with Crippen LogP contribution in [0, 0.1) is 0 Å². The van der Waals surface area contributed by atoms with Gasteiger partial charge in [0.05, 0.1) is 27.8 Å². The van der Waals surface area contributed by atoms with E-state index in [0.717, 1.165) is 42.8 Å². The Labute approximate surface area is 394 Å². The molecule has 0 bridgehead atoms. The van der Waals surface area contributed by atoms with Gasteiger partial charge in [0, 0.05) is 70.3 Å². The summed E-state index contributed by atoms with van der Waals surface area (Å²) in [5.74, 6) is 0.246. The number of para-hydroxylation sites is 3. The van der Waals surface area contributed by atoms with Gasteiger partial charge in [0.1, 0.15) is 0 Å². The minimum Gasteiger partial charge on any atom is -0.309 e. The van der Waals surface area contributed by atoms with Gasteiger partial charge in [-0.2, -0.15) is 0 Å². The number of hydrogen-bond donors (Lipinski definition) is 0. The Morgan fingerprint density at radius 3 is 1.72 bits per heavy atom. The van der Waals surface area contributed by atoms with Gasteiger partial charge in [-0.05, 0) is 126 Å². The lowest BCUT2D eigenvalue weighted by molar-refractivity contribution is 0.652. The normalized spacial score (nSPS) is 14.7. The summed E-state index contributed by atoms with van der Waals surface area (Å²) in [6, 6.07) is 78.3. The monoisotopic (exact) mass is 877 g/mol. The molecule has 0 saturated carbocycles. The summed E-state index contributed by atoms with van der Waals surface area (Å²) in [7, 11) is 0. The zero-order valence-corrected chi connectivity index (χ0v) is 38.2. The first kappa shape index (κ1) is 39.6. The predicted molar refractivity (Wildman–Crippen MR) is 287 cm³/mol. The molecule has 1 aliphatic heterocycles. The van der Waals surface area contributed by atoms with Crippen LogP contribution in [-0.4, -0.2) is 14.8 Å². The zero-order chi connectivity index (χ0) is 44.4. The van der Waals surface area contributed by atoms with Crippen LogP contribution in [0.1, 0.15) is 55.2 Å². The van der Waals surface area contributed by atoms with E-state index in [9.17, 15) is 0 Å². The Kier molecular flexibility index (Phi) is 9.61. The second-order valence-corrected chi connectivity index (χ2v) is 19.1. The molecule has 1 aliphatic rings. The molecule has 4 heterocycles. The molecule has 0 fully saturated rings. The third-order valence-electron chi connectivity index (χ3n) is 14.2. The third-order valence-corrected chi connectivity index (χ3v) is 15.4. The van der Waals surface area contributed by atoms with Gasteiger partial charge in [0.25, 0.3) is 0 Å². The van der Waals surface area contributed by atoms with Gasteiger partial charge < -0.3 is 9.13 Å². The number of benzene rings is 9. The van der Waals surface area contributed by atoms with Crippen LogP contribution in [0.15, 0.2) is 223 Å². The third kappa shape index (κ3) is 6.58. The molecule has 0 radical (unpaired) electrons. The Bertz CT molecular complexity index is 3910. The maximum absolute atomic E-state index is 5.60. The van der Waals surface area contributed by atoms with Gasteiger partial charge in [-0.3, -0.25) is 4.99 Å². The number of fused-ring (bicyclic) bond motifs is 9. The average molecular weight is 878 g/mol. The topological polar surface area (TPSA) is 22.2 Å². The van der Waals surface area contributed by atoms with Crippen molar-refractivity contribution in [1.29, 1.82) is 0 Å². The van der Waals surface area contributed by atoms with E-state index in [0.29, 0.717) is 0 Å². The maximum Gasteiger partial charge on any atom is 0.0703 e. The van der Waals surface area contributed by atoms with Crippen molar-refractivity contribution in [1.82, 2.24) is 9.13 Å². The summed E-state index contributed by atoms with van der Waals surface area (Å²) in [4.78, 5) is 5.60. The van der Waals surface area contributed by atoms with Gasteiger partial charge in [-0.1, -0.05) is 146 Å². The summed E-state index contributed by atoms with van der Waals surface area (Å²) in [6.45, 7) is 2.33. The van der Waals surface area contributed by atoms with Gasteiger partial charge in [-0.15, -0.1) is 11.3 Å². The first-order valence-corrected chi connectivity index (χ1v) is 24.5. The first-order chi connectivity index (χ1) is 33.2. The summed E-state index contributed by atoms with van der Waals surface area (Å²) < 4.78 is 7.55. The number of hydrogen-bond acceptors (Lipinski definition) is 2. The van der Waals surface area contributed by atoms with Gasteiger partial charge in [0.2, 0.25) is 0 Å². The van der Waals surface area contributed by atoms with Crippen LogP contribution in [0.4, 0.5) is 0 Å². The predicted octanol–water partition coefficient (Wildman–Crippen LogP) is 17.5. The van der Waals surface area contributed by atoms with E-state index in [-0.39, 0.29) is 5.92 Å². The van der Waals surface area contributed by atoms with Crippen LogP contribution in [0.5, 0.6) is 0 Å². The molecule has 12 aromatic rings. The summed E-state index contributed by atoms with van der Waals surface area (Å²) >= 11 is 1.92. The largest absolute Gasteiger partial charge is 0.309 e. The number of aromatic nitrogens is 2. The SMILES string of the molecule is CCC1=C(c2ccccc2)N=C(c2ccccc2)CCCC1c1cccc2sc3ccc(-c4ccc5c(c4)c4cc6c(cc4n5-c4ccccc4)c4ccccc4n6-c4ccccc4)cc3c12. The molecule has 67 heavy (non-hydrogen) atoms. The lowest BCUT2D eigenvalue weighted by Gasteiger charge is -2.26. The van der Waals surface area contributed by atoms with Crippen molar-refractivity contribution >= 4 is 86.5 Å². The molecule has 9 aromatic carbocycles. The minimum absolute atomic E-state index is 0.246. The van der Waals surface area contributed by atoms with E-state index >= 15 is 0 Å². The number of nitrogens with zero attached hydrogens (tertiary/aromatic N) is 3. The fourth-order valence-electron chi connectivity index (χ4n) is 11.2. The molecule has 320 valence electrons. The summed E-state index contributed by atoms with van der Waals surface area (Å²) in [6.07, 6.45) is 4.02. The van der Waals surface area contributed by atoms with Crippen LogP contribution in [0.2, 0.25) is 0 Å². The smallest absolute Gasteiger partial charge is 0.0703 e. The molecule has 0 saturated heterocycles. The standard InChI is InChI=1S/C63H47N3S/c1-2-47-48(28-17-30-55(41-19-7-3-8-20-41)64-63(47)42-21-9-4-10-22-42)50-29-18-32-61-62(50)54-38-44(34-36-60(54)67-61)43-33-35-57-51(37-43)53-40-58-52(39-59(53)66(57)46-25-13-6-14-26-46)49-27-15-16-31-56(49)65(58)45-23-11-5-12-24-45/h3-16,18-27,29,31-40,48H,2,17,28,30H2,1H3. The van der Waals surface area contributed by atoms with Crippen molar-refractivity contribution in [2.45, 2.75) is 38.5 Å². The van der Waals surface area contributed by atoms with E-state index in [1.165, 1.54) is 103 Å². The highest BCUT2D eigenvalue weighted by atomic mass is 32.1. The molecular formula is C63H47N3S. The number of aliphatic imine (C=N–C) groups is 1. The lowest BCUT2D eigenvalue weighted by Crippen LogP contribution is -2.12. The number of rotatable bonds is 7. The zero-order valence-electron chi connectivity index (χ0n) is 37.4. The highest BCUT2D eigenvalue weighted by Gasteiger charge is 2.27. The van der Waals surface area contributed by atoms with Crippen molar-refractivity contribution in [3.05, 3.63) is 235 Å². The quantitative estimate of drug-likeness (QED) is 0.152. The number of allylic oxidation sites excluding steroid dienone is 1. The molecule has 0 aliphatic carbocycles. The van der Waals surface area contributed by atoms with Crippen molar-refractivity contribution in [2.24, 2.45) is 4.99 Å². The highest BCUT2D eigenvalue weighted by Crippen LogP contribution is 2.47. The van der Waals surface area contributed by atoms with E-state index < -0.39 is 0 Å². The van der Waals surface area contributed by atoms with Gasteiger partial charge in [0.15, 0.2) is 0 Å². The molecule has 0 amide bonds. The Morgan fingerprint density at radius 1 is 0.463 bits per heavy atom. The van der Waals surface area contributed by atoms with E-state index in [2.05, 4.69) is 228 Å². The Morgan fingerprint density at radius 2 is 1.03 bits per heavy atom. The van der Waals surface area contributed by atoms with Crippen molar-refractivity contribution in [2.75, 3.05) is 0 Å².